The molecule has 1 fully saturated rings. The highest BCUT2D eigenvalue weighted by Gasteiger charge is 2.29. The van der Waals surface area contributed by atoms with Crippen LogP contribution in [0.4, 0.5) is 5.82 Å². The van der Waals surface area contributed by atoms with Crippen molar-refractivity contribution in [2.24, 2.45) is 0 Å². The predicted octanol–water partition coefficient (Wildman–Crippen LogP) is 4.12. The van der Waals surface area contributed by atoms with Gasteiger partial charge in [-0.15, -0.1) is 0 Å². The van der Waals surface area contributed by atoms with Gasteiger partial charge in [0.2, 0.25) is 0 Å². The Morgan fingerprint density at radius 1 is 1.23 bits per heavy atom. The van der Waals surface area contributed by atoms with E-state index in [0.717, 1.165) is 30.2 Å². The van der Waals surface area contributed by atoms with Crippen LogP contribution in [0.15, 0.2) is 24.3 Å². The number of benzene rings is 1. The van der Waals surface area contributed by atoms with Crippen LogP contribution in [0.1, 0.15) is 48.2 Å². The number of halogens is 1. The van der Waals surface area contributed by atoms with E-state index in [1.165, 1.54) is 24.0 Å². The van der Waals surface area contributed by atoms with Crippen LogP contribution in [0.25, 0.3) is 0 Å². The van der Waals surface area contributed by atoms with E-state index in [2.05, 4.69) is 21.4 Å². The second-order valence-electron chi connectivity index (χ2n) is 5.97. The number of fused-ring (bicyclic) bond motifs is 1. The van der Waals surface area contributed by atoms with Gasteiger partial charge >= 0.3 is 0 Å². The summed E-state index contributed by atoms with van der Waals surface area (Å²) in [5.41, 5.74) is 2.59. The predicted molar refractivity (Wildman–Crippen MR) is 86.7 cm³/mol. The molecule has 0 spiro atoms. The Kier molecular flexibility index (Phi) is 3.41. The summed E-state index contributed by atoms with van der Waals surface area (Å²) in [6, 6.07) is 8.29. The molecule has 1 unspecified atom stereocenters. The van der Waals surface area contributed by atoms with Gasteiger partial charge in [0.15, 0.2) is 0 Å². The van der Waals surface area contributed by atoms with E-state index in [9.17, 15) is 0 Å². The molecule has 0 bridgehead atoms. The van der Waals surface area contributed by atoms with Crippen molar-refractivity contribution in [1.29, 1.82) is 0 Å². The normalized spacial score (nSPS) is 19.8. The van der Waals surface area contributed by atoms with Crippen molar-refractivity contribution < 1.29 is 4.74 Å². The van der Waals surface area contributed by atoms with Crippen molar-refractivity contribution in [3.05, 3.63) is 46.4 Å². The van der Waals surface area contributed by atoms with Crippen molar-refractivity contribution in [2.75, 3.05) is 12.4 Å². The smallest absolute Gasteiger partial charge is 0.135 e. The molecule has 2 aliphatic rings. The largest absolute Gasteiger partial charge is 0.496 e. The third-order valence-corrected chi connectivity index (χ3v) is 4.62. The summed E-state index contributed by atoms with van der Waals surface area (Å²) < 4.78 is 5.46. The second-order valence-corrected chi connectivity index (χ2v) is 6.36. The second kappa shape index (κ2) is 5.43. The first-order valence-electron chi connectivity index (χ1n) is 7.71. The van der Waals surface area contributed by atoms with Crippen molar-refractivity contribution in [1.82, 2.24) is 9.97 Å². The van der Waals surface area contributed by atoms with E-state index in [1.54, 1.807) is 7.11 Å². The minimum absolute atomic E-state index is 0.253. The van der Waals surface area contributed by atoms with E-state index >= 15 is 0 Å². The number of rotatable bonds is 4. The summed E-state index contributed by atoms with van der Waals surface area (Å²) in [6.45, 7) is 0. The maximum Gasteiger partial charge on any atom is 0.135 e. The van der Waals surface area contributed by atoms with Crippen molar-refractivity contribution in [3.8, 4) is 5.75 Å². The molecular formula is C17H18ClN3O. The lowest BCUT2D eigenvalue weighted by Crippen LogP contribution is -2.10. The zero-order valence-corrected chi connectivity index (χ0v) is 13.2. The highest BCUT2D eigenvalue weighted by Crippen LogP contribution is 2.41. The molecule has 1 atom stereocenters. The fourth-order valence-electron chi connectivity index (χ4n) is 3.17. The van der Waals surface area contributed by atoms with E-state index in [4.69, 9.17) is 16.3 Å². The Bertz CT molecular complexity index is 715. The number of aromatic nitrogens is 2. The summed E-state index contributed by atoms with van der Waals surface area (Å²) in [7, 11) is 1.72. The molecule has 4 nitrogen and oxygen atoms in total. The lowest BCUT2D eigenvalue weighted by Gasteiger charge is -2.16. The molecule has 0 radical (unpaired) electrons. The van der Waals surface area contributed by atoms with Crippen LogP contribution in [-0.4, -0.2) is 17.1 Å². The lowest BCUT2D eigenvalue weighted by atomic mass is 10.1. The van der Waals surface area contributed by atoms with Gasteiger partial charge in [-0.05, 0) is 42.9 Å². The molecule has 0 saturated heterocycles. The fraction of sp³-hybridized carbons (Fsp3) is 0.412. The van der Waals surface area contributed by atoms with Crippen molar-refractivity contribution in [2.45, 2.75) is 37.6 Å². The molecule has 2 aliphatic carbocycles. The minimum atomic E-state index is 0.253. The summed E-state index contributed by atoms with van der Waals surface area (Å²) in [5.74, 6) is 3.16. The van der Waals surface area contributed by atoms with Crippen LogP contribution in [0.2, 0.25) is 5.15 Å². The zero-order chi connectivity index (χ0) is 15.1. The van der Waals surface area contributed by atoms with Gasteiger partial charge < -0.3 is 10.1 Å². The average molecular weight is 316 g/mol. The first kappa shape index (κ1) is 13.8. The van der Waals surface area contributed by atoms with Crippen molar-refractivity contribution >= 4 is 17.4 Å². The minimum Gasteiger partial charge on any atom is -0.496 e. The molecule has 0 aliphatic heterocycles. The maximum atomic E-state index is 6.14. The quantitative estimate of drug-likeness (QED) is 0.862. The van der Waals surface area contributed by atoms with Gasteiger partial charge in [0.1, 0.15) is 22.5 Å². The molecule has 1 N–H and O–H groups in total. The zero-order valence-electron chi connectivity index (χ0n) is 12.5. The Morgan fingerprint density at radius 2 is 2.09 bits per heavy atom. The van der Waals surface area contributed by atoms with E-state index in [1.807, 2.05) is 18.2 Å². The molecular weight excluding hydrogens is 298 g/mol. The first-order valence-corrected chi connectivity index (χ1v) is 8.09. The molecule has 22 heavy (non-hydrogen) atoms. The van der Waals surface area contributed by atoms with Crippen molar-refractivity contribution in [3.63, 3.8) is 0 Å². The van der Waals surface area contributed by atoms with Gasteiger partial charge in [-0.3, -0.25) is 0 Å². The number of nitrogens with zero attached hydrogens (tertiary/aromatic N) is 2. The van der Waals surface area contributed by atoms with Crippen LogP contribution in [0.3, 0.4) is 0 Å². The molecule has 1 saturated carbocycles. The highest BCUT2D eigenvalue weighted by molar-refractivity contribution is 6.29. The third-order valence-electron chi connectivity index (χ3n) is 4.42. The average Bonchev–Trinajstić information content (AvgIpc) is 3.29. The van der Waals surface area contributed by atoms with E-state index in [0.29, 0.717) is 11.1 Å². The standard InChI is InChI=1S/C17H18ClN3O/c1-22-14-4-2-3-11-12(14)7-8-13(11)19-16-9-15(18)20-17(21-16)10-5-6-10/h2-4,9-10,13H,5-8H2,1H3,(H,19,20,21). The number of ether oxygens (including phenoxy) is 1. The summed E-state index contributed by atoms with van der Waals surface area (Å²) in [5, 5.41) is 4.04. The van der Waals surface area contributed by atoms with Crippen LogP contribution in [-0.2, 0) is 6.42 Å². The highest BCUT2D eigenvalue weighted by atomic mass is 35.5. The molecule has 4 rings (SSSR count). The van der Waals surface area contributed by atoms with Gasteiger partial charge in [0, 0.05) is 12.0 Å². The van der Waals surface area contributed by atoms with Gasteiger partial charge in [-0.25, -0.2) is 9.97 Å². The Hall–Kier alpha value is -1.81. The maximum absolute atomic E-state index is 6.14. The topological polar surface area (TPSA) is 47.0 Å². The number of methoxy groups -OCH3 is 1. The van der Waals surface area contributed by atoms with Gasteiger partial charge in [-0.2, -0.15) is 0 Å². The Balaban J connectivity index is 1.61. The monoisotopic (exact) mass is 315 g/mol. The Labute approximate surface area is 134 Å². The number of hydrogen-bond donors (Lipinski definition) is 1. The summed E-state index contributed by atoms with van der Waals surface area (Å²) >= 11 is 6.14. The molecule has 1 heterocycles. The summed E-state index contributed by atoms with van der Waals surface area (Å²) in [6.07, 6.45) is 4.40. The molecule has 2 aromatic rings. The fourth-order valence-corrected chi connectivity index (χ4v) is 3.36. The molecule has 0 amide bonds. The third kappa shape index (κ3) is 2.52. The Morgan fingerprint density at radius 3 is 2.86 bits per heavy atom. The SMILES string of the molecule is COc1cccc2c1CCC2Nc1cc(Cl)nc(C2CC2)n1. The molecule has 5 heteroatoms. The van der Waals surface area contributed by atoms with Gasteiger partial charge in [0.25, 0.3) is 0 Å². The summed E-state index contributed by atoms with van der Waals surface area (Å²) in [4.78, 5) is 8.97. The van der Waals surface area contributed by atoms with E-state index in [-0.39, 0.29) is 6.04 Å². The number of anilines is 1. The number of nitrogens with one attached hydrogen (secondary N) is 1. The van der Waals surface area contributed by atoms with Crippen LogP contribution in [0, 0.1) is 0 Å². The van der Waals surface area contributed by atoms with Gasteiger partial charge in [0.05, 0.1) is 13.2 Å². The van der Waals surface area contributed by atoms with Crippen LogP contribution < -0.4 is 10.1 Å². The van der Waals surface area contributed by atoms with Crippen LogP contribution >= 0.6 is 11.6 Å². The molecule has 1 aromatic heterocycles. The molecule has 114 valence electrons. The van der Waals surface area contributed by atoms with Crippen LogP contribution in [0.5, 0.6) is 5.75 Å². The van der Waals surface area contributed by atoms with Gasteiger partial charge in [-0.1, -0.05) is 23.7 Å². The van der Waals surface area contributed by atoms with E-state index < -0.39 is 0 Å². The first-order chi connectivity index (χ1) is 10.7. The number of hydrogen-bond acceptors (Lipinski definition) is 4. The lowest BCUT2D eigenvalue weighted by molar-refractivity contribution is 0.410. The molecule has 1 aromatic carbocycles.